The molecule has 2 aliphatic rings. The molecule has 0 saturated carbocycles. The van der Waals surface area contributed by atoms with Gasteiger partial charge in [0.1, 0.15) is 24.4 Å². The normalized spacial score (nSPS) is 51.7. The van der Waals surface area contributed by atoms with Gasteiger partial charge in [0.2, 0.25) is 0 Å². The number of thiol groups is 2. The first-order valence-electron chi connectivity index (χ1n) is 7.40. The number of hydrogen-bond donors (Lipinski definition) is 7. The number of rotatable bonds is 4. The van der Waals surface area contributed by atoms with E-state index >= 15 is 0 Å². The largest absolute Gasteiger partial charge is 0.390 e. The molecule has 0 aromatic heterocycles. The second kappa shape index (κ2) is 8.17. The van der Waals surface area contributed by atoms with Crippen molar-refractivity contribution in [3.63, 3.8) is 0 Å². The summed E-state index contributed by atoms with van der Waals surface area (Å²) in [6.45, 7) is 1.72. The highest BCUT2D eigenvalue weighted by Gasteiger charge is 2.48. The van der Waals surface area contributed by atoms with Crippen molar-refractivity contribution in [2.75, 3.05) is 11.5 Å². The van der Waals surface area contributed by atoms with Crippen LogP contribution in [0, 0.1) is 5.92 Å². The first-order chi connectivity index (χ1) is 10.8. The summed E-state index contributed by atoms with van der Waals surface area (Å²) < 4.78 is 16.3. The maximum absolute atomic E-state index is 10.1. The Kier molecular flexibility index (Phi) is 7.00. The van der Waals surface area contributed by atoms with Crippen LogP contribution in [-0.2, 0) is 14.2 Å². The van der Waals surface area contributed by atoms with E-state index in [0.29, 0.717) is 5.75 Å². The van der Waals surface area contributed by atoms with Crippen LogP contribution < -0.4 is 0 Å². The number of aliphatic hydroxyl groups is 5. The second-order valence-corrected chi connectivity index (χ2v) is 6.63. The fraction of sp³-hybridized carbons (Fsp3) is 1.00. The minimum atomic E-state index is -1.54. The van der Waals surface area contributed by atoms with E-state index in [2.05, 4.69) is 25.3 Å². The summed E-state index contributed by atoms with van der Waals surface area (Å²) in [4.78, 5) is 0. The van der Waals surface area contributed by atoms with E-state index in [1.54, 1.807) is 6.92 Å². The molecule has 0 aliphatic carbocycles. The minimum absolute atomic E-state index is 0.0950. The third-order valence-corrected chi connectivity index (χ3v) is 5.08. The van der Waals surface area contributed by atoms with E-state index < -0.39 is 55.3 Å². The molecule has 2 rings (SSSR count). The first kappa shape index (κ1) is 19.7. The molecular formula is C13H24O8S2. The van der Waals surface area contributed by atoms with Gasteiger partial charge in [0, 0.05) is 17.4 Å². The van der Waals surface area contributed by atoms with Gasteiger partial charge in [-0.3, -0.25) is 0 Å². The molecule has 23 heavy (non-hydrogen) atoms. The van der Waals surface area contributed by atoms with Crippen molar-refractivity contribution in [3.8, 4) is 0 Å². The quantitative estimate of drug-likeness (QED) is 0.276. The molecule has 0 bridgehead atoms. The summed E-state index contributed by atoms with van der Waals surface area (Å²) in [5.74, 6) is 0.0502. The lowest BCUT2D eigenvalue weighted by molar-refractivity contribution is -0.366. The molecule has 2 heterocycles. The Hall–Kier alpha value is 0.380. The van der Waals surface area contributed by atoms with Crippen LogP contribution in [0.3, 0.4) is 0 Å². The van der Waals surface area contributed by atoms with Gasteiger partial charge in [-0.25, -0.2) is 0 Å². The van der Waals surface area contributed by atoms with Crippen LogP contribution in [-0.4, -0.2) is 92.3 Å². The van der Waals surface area contributed by atoms with Gasteiger partial charge in [-0.2, -0.15) is 25.3 Å². The van der Waals surface area contributed by atoms with Crippen LogP contribution in [0.25, 0.3) is 0 Å². The molecule has 0 aromatic rings. The molecule has 2 aliphatic heterocycles. The Morgan fingerprint density at radius 2 is 1.22 bits per heavy atom. The van der Waals surface area contributed by atoms with Crippen molar-refractivity contribution < 1.29 is 39.7 Å². The van der Waals surface area contributed by atoms with Crippen LogP contribution in [0.4, 0.5) is 0 Å². The first-order valence-corrected chi connectivity index (χ1v) is 8.66. The lowest BCUT2D eigenvalue weighted by Crippen LogP contribution is -2.62. The Balaban J connectivity index is 2.07. The summed E-state index contributed by atoms with van der Waals surface area (Å²) in [7, 11) is 0. The monoisotopic (exact) mass is 372 g/mol. The Bertz CT molecular complexity index is 351. The average molecular weight is 372 g/mol. The SMILES string of the molecule is CC1C(CS)OC(OC2OC(CS)C(O)C(O)C2O)C(O)C1O. The zero-order chi connectivity index (χ0) is 17.3. The van der Waals surface area contributed by atoms with E-state index in [1.807, 2.05) is 0 Å². The van der Waals surface area contributed by atoms with E-state index in [-0.39, 0.29) is 11.7 Å². The van der Waals surface area contributed by atoms with Gasteiger partial charge in [-0.1, -0.05) is 6.92 Å². The lowest BCUT2D eigenvalue weighted by atomic mass is 9.91. The van der Waals surface area contributed by atoms with Crippen molar-refractivity contribution >= 4 is 25.3 Å². The Labute approximate surface area is 145 Å². The zero-order valence-corrected chi connectivity index (χ0v) is 14.3. The van der Waals surface area contributed by atoms with Gasteiger partial charge >= 0.3 is 0 Å². The fourth-order valence-electron chi connectivity index (χ4n) is 2.70. The summed E-state index contributed by atoms with van der Waals surface area (Å²) in [5, 5.41) is 49.7. The molecule has 136 valence electrons. The highest BCUT2D eigenvalue weighted by Crippen LogP contribution is 2.30. The summed E-state index contributed by atoms with van der Waals surface area (Å²) in [5.41, 5.74) is 0. The summed E-state index contributed by atoms with van der Waals surface area (Å²) in [6.07, 6.45) is -10.7. The van der Waals surface area contributed by atoms with Gasteiger partial charge in [-0.15, -0.1) is 0 Å². The van der Waals surface area contributed by atoms with Gasteiger partial charge < -0.3 is 39.7 Å². The van der Waals surface area contributed by atoms with E-state index in [4.69, 9.17) is 14.2 Å². The molecule has 2 fully saturated rings. The fourth-order valence-corrected chi connectivity index (χ4v) is 3.42. The predicted octanol–water partition coefficient (Wildman–Crippen LogP) is -2.25. The molecule has 2 saturated heterocycles. The lowest BCUT2D eigenvalue weighted by Gasteiger charge is -2.45. The number of ether oxygens (including phenoxy) is 3. The molecule has 5 N–H and O–H groups in total. The van der Waals surface area contributed by atoms with E-state index in [0.717, 1.165) is 0 Å². The molecule has 10 unspecified atom stereocenters. The van der Waals surface area contributed by atoms with Gasteiger partial charge in [-0.05, 0) is 0 Å². The van der Waals surface area contributed by atoms with Crippen molar-refractivity contribution in [2.24, 2.45) is 5.92 Å². The van der Waals surface area contributed by atoms with Crippen molar-refractivity contribution in [2.45, 2.75) is 62.2 Å². The topological polar surface area (TPSA) is 129 Å². The number of aliphatic hydroxyl groups excluding tert-OH is 5. The highest BCUT2D eigenvalue weighted by molar-refractivity contribution is 7.80. The van der Waals surface area contributed by atoms with Crippen LogP contribution in [0.1, 0.15) is 6.92 Å². The van der Waals surface area contributed by atoms with Crippen LogP contribution in [0.15, 0.2) is 0 Å². The molecule has 0 aromatic carbocycles. The average Bonchev–Trinajstić information content (AvgIpc) is 2.55. The molecule has 0 radical (unpaired) electrons. The Morgan fingerprint density at radius 3 is 1.74 bits per heavy atom. The zero-order valence-electron chi connectivity index (χ0n) is 12.5. The molecule has 10 heteroatoms. The molecule has 8 nitrogen and oxygen atoms in total. The van der Waals surface area contributed by atoms with Gasteiger partial charge in [0.15, 0.2) is 12.6 Å². The minimum Gasteiger partial charge on any atom is -0.390 e. The Morgan fingerprint density at radius 1 is 0.739 bits per heavy atom. The van der Waals surface area contributed by atoms with Gasteiger partial charge in [0.05, 0.1) is 18.3 Å². The highest BCUT2D eigenvalue weighted by atomic mass is 32.1. The maximum atomic E-state index is 10.1. The van der Waals surface area contributed by atoms with Crippen molar-refractivity contribution in [1.82, 2.24) is 0 Å². The molecule has 0 spiro atoms. The molecular weight excluding hydrogens is 348 g/mol. The standard InChI is InChI=1S/C13H24O8S2/c1-4-5(2-22)19-12(10(17)7(4)14)21-13-11(18)9(16)8(15)6(3-23)20-13/h4-18,22-23H,2-3H2,1H3. The second-order valence-electron chi connectivity index (χ2n) is 5.90. The maximum Gasteiger partial charge on any atom is 0.189 e. The van der Waals surface area contributed by atoms with Gasteiger partial charge in [0.25, 0.3) is 0 Å². The molecule has 0 amide bonds. The van der Waals surface area contributed by atoms with Crippen LogP contribution in [0.2, 0.25) is 0 Å². The number of hydrogen-bond acceptors (Lipinski definition) is 10. The molecule has 10 atom stereocenters. The van der Waals surface area contributed by atoms with Crippen LogP contribution >= 0.6 is 25.3 Å². The summed E-state index contributed by atoms with van der Waals surface area (Å²) >= 11 is 8.14. The predicted molar refractivity (Wildman–Crippen MR) is 85.3 cm³/mol. The smallest absolute Gasteiger partial charge is 0.189 e. The van der Waals surface area contributed by atoms with E-state index in [1.165, 1.54) is 0 Å². The third kappa shape index (κ3) is 3.97. The summed E-state index contributed by atoms with van der Waals surface area (Å²) in [6, 6.07) is 0. The van der Waals surface area contributed by atoms with Crippen LogP contribution in [0.5, 0.6) is 0 Å². The van der Waals surface area contributed by atoms with E-state index in [9.17, 15) is 25.5 Å². The third-order valence-electron chi connectivity index (χ3n) is 4.36. The van der Waals surface area contributed by atoms with Crippen molar-refractivity contribution in [3.05, 3.63) is 0 Å². The van der Waals surface area contributed by atoms with Crippen molar-refractivity contribution in [1.29, 1.82) is 0 Å².